The highest BCUT2D eigenvalue weighted by Crippen LogP contribution is 2.27. The van der Waals surface area contributed by atoms with Crippen LogP contribution in [-0.4, -0.2) is 29.8 Å². The molecule has 0 aliphatic carbocycles. The molecule has 0 heterocycles. The summed E-state index contributed by atoms with van der Waals surface area (Å²) in [7, 11) is 0. The third-order valence-corrected chi connectivity index (χ3v) is 4.24. The number of rotatable bonds is 8. The largest absolute Gasteiger partial charge is 0.482 e. The molecule has 1 unspecified atom stereocenters. The van der Waals surface area contributed by atoms with E-state index in [9.17, 15) is 9.90 Å². The summed E-state index contributed by atoms with van der Waals surface area (Å²) >= 11 is 11.8. The van der Waals surface area contributed by atoms with Crippen molar-refractivity contribution >= 4 is 29.1 Å². The molecule has 0 aliphatic heterocycles. The Labute approximate surface area is 157 Å². The van der Waals surface area contributed by atoms with Gasteiger partial charge in [0.25, 0.3) is 5.91 Å². The SMILES string of the molecule is CC(O)(CCc1ccccc1)CNC(=O)COc1ccc(Cl)cc1Cl. The third kappa shape index (κ3) is 6.94. The smallest absolute Gasteiger partial charge is 0.258 e. The first kappa shape index (κ1) is 19.6. The maximum atomic E-state index is 11.9. The summed E-state index contributed by atoms with van der Waals surface area (Å²) in [6.07, 6.45) is 1.28. The lowest BCUT2D eigenvalue weighted by atomic mass is 9.97. The summed E-state index contributed by atoms with van der Waals surface area (Å²) in [6, 6.07) is 14.7. The van der Waals surface area contributed by atoms with Crippen LogP contribution < -0.4 is 10.1 Å². The highest BCUT2D eigenvalue weighted by molar-refractivity contribution is 6.35. The summed E-state index contributed by atoms with van der Waals surface area (Å²) in [5.74, 6) is 0.0584. The molecular weight excluding hydrogens is 361 g/mol. The van der Waals surface area contributed by atoms with Gasteiger partial charge in [0.05, 0.1) is 10.6 Å². The lowest BCUT2D eigenvalue weighted by Gasteiger charge is -2.23. The number of carbonyl (C=O) groups is 1. The lowest BCUT2D eigenvalue weighted by molar-refractivity contribution is -0.124. The number of aliphatic hydroxyl groups is 1. The Morgan fingerprint density at radius 3 is 2.60 bits per heavy atom. The van der Waals surface area contributed by atoms with E-state index in [0.717, 1.165) is 12.0 Å². The van der Waals surface area contributed by atoms with Crippen molar-refractivity contribution in [2.45, 2.75) is 25.4 Å². The molecule has 1 amide bonds. The van der Waals surface area contributed by atoms with Crippen LogP contribution in [0.1, 0.15) is 18.9 Å². The minimum atomic E-state index is -0.997. The molecule has 0 saturated carbocycles. The monoisotopic (exact) mass is 381 g/mol. The molecule has 2 rings (SSSR count). The Bertz CT molecular complexity index is 705. The van der Waals surface area contributed by atoms with Gasteiger partial charge in [-0.15, -0.1) is 0 Å². The molecule has 1 atom stereocenters. The Hall–Kier alpha value is -1.75. The predicted molar refractivity (Wildman–Crippen MR) is 100 cm³/mol. The van der Waals surface area contributed by atoms with Crippen molar-refractivity contribution < 1.29 is 14.6 Å². The molecule has 0 fully saturated rings. The van der Waals surface area contributed by atoms with Crippen LogP contribution in [0.25, 0.3) is 0 Å². The van der Waals surface area contributed by atoms with Gasteiger partial charge in [-0.1, -0.05) is 53.5 Å². The van der Waals surface area contributed by atoms with Crippen LogP contribution in [0.2, 0.25) is 10.0 Å². The molecule has 0 aliphatic rings. The van der Waals surface area contributed by atoms with Gasteiger partial charge in [-0.25, -0.2) is 0 Å². The zero-order valence-corrected chi connectivity index (χ0v) is 15.5. The minimum Gasteiger partial charge on any atom is -0.482 e. The van der Waals surface area contributed by atoms with E-state index in [1.54, 1.807) is 25.1 Å². The van der Waals surface area contributed by atoms with Gasteiger partial charge in [-0.3, -0.25) is 4.79 Å². The van der Waals surface area contributed by atoms with Gasteiger partial charge in [0, 0.05) is 11.6 Å². The number of benzene rings is 2. The van der Waals surface area contributed by atoms with Gasteiger partial charge in [-0.2, -0.15) is 0 Å². The molecule has 0 radical (unpaired) electrons. The first-order chi connectivity index (χ1) is 11.9. The second-order valence-corrected chi connectivity index (χ2v) is 6.97. The standard InChI is InChI=1S/C19H21Cl2NO3/c1-19(24,10-9-14-5-3-2-4-6-14)13-22-18(23)12-25-17-8-7-15(20)11-16(17)21/h2-8,11,24H,9-10,12-13H2,1H3,(H,22,23). The summed E-state index contributed by atoms with van der Waals surface area (Å²) in [5, 5.41) is 13.9. The van der Waals surface area contributed by atoms with Crippen LogP contribution in [0.5, 0.6) is 5.75 Å². The first-order valence-electron chi connectivity index (χ1n) is 7.96. The van der Waals surface area contributed by atoms with Crippen LogP contribution in [0, 0.1) is 0 Å². The molecule has 2 aromatic rings. The average Bonchev–Trinajstić information content (AvgIpc) is 2.59. The zero-order chi connectivity index (χ0) is 18.3. The molecule has 0 aromatic heterocycles. The van der Waals surface area contributed by atoms with Crippen LogP contribution in [0.3, 0.4) is 0 Å². The second-order valence-electron chi connectivity index (χ2n) is 6.12. The number of aryl methyl sites for hydroxylation is 1. The molecule has 2 N–H and O–H groups in total. The third-order valence-electron chi connectivity index (χ3n) is 3.71. The fourth-order valence-electron chi connectivity index (χ4n) is 2.22. The van der Waals surface area contributed by atoms with E-state index >= 15 is 0 Å². The van der Waals surface area contributed by atoms with Crippen molar-refractivity contribution in [2.24, 2.45) is 0 Å². The molecule has 134 valence electrons. The summed E-state index contributed by atoms with van der Waals surface area (Å²) in [6.45, 7) is 1.67. The number of hydrogen-bond donors (Lipinski definition) is 2. The number of halogens is 2. The summed E-state index contributed by atoms with van der Waals surface area (Å²) in [4.78, 5) is 11.9. The van der Waals surface area contributed by atoms with E-state index in [-0.39, 0.29) is 19.1 Å². The molecular formula is C19H21Cl2NO3. The number of ether oxygens (including phenoxy) is 1. The van der Waals surface area contributed by atoms with Crippen LogP contribution >= 0.6 is 23.2 Å². The summed E-state index contributed by atoms with van der Waals surface area (Å²) < 4.78 is 5.36. The Morgan fingerprint density at radius 2 is 1.92 bits per heavy atom. The fraction of sp³-hybridized carbons (Fsp3) is 0.316. The molecule has 0 saturated heterocycles. The van der Waals surface area contributed by atoms with E-state index < -0.39 is 5.60 Å². The lowest BCUT2D eigenvalue weighted by Crippen LogP contribution is -2.42. The van der Waals surface area contributed by atoms with Gasteiger partial charge >= 0.3 is 0 Å². The van der Waals surface area contributed by atoms with Crippen molar-refractivity contribution in [2.75, 3.05) is 13.2 Å². The van der Waals surface area contributed by atoms with Crippen LogP contribution in [0.15, 0.2) is 48.5 Å². The van der Waals surface area contributed by atoms with E-state index in [0.29, 0.717) is 22.2 Å². The van der Waals surface area contributed by atoms with Crippen molar-refractivity contribution in [1.82, 2.24) is 5.32 Å². The molecule has 4 nitrogen and oxygen atoms in total. The Morgan fingerprint density at radius 1 is 1.20 bits per heavy atom. The fourth-order valence-corrected chi connectivity index (χ4v) is 2.69. The predicted octanol–water partition coefficient (Wildman–Crippen LogP) is 3.87. The number of amides is 1. The molecule has 25 heavy (non-hydrogen) atoms. The van der Waals surface area contributed by atoms with E-state index in [1.807, 2.05) is 30.3 Å². The Kier molecular flexibility index (Phi) is 7.12. The topological polar surface area (TPSA) is 58.6 Å². The normalized spacial score (nSPS) is 13.1. The number of hydrogen-bond acceptors (Lipinski definition) is 3. The molecule has 6 heteroatoms. The van der Waals surface area contributed by atoms with E-state index in [4.69, 9.17) is 27.9 Å². The minimum absolute atomic E-state index is 0.149. The van der Waals surface area contributed by atoms with Gasteiger partial charge in [0.15, 0.2) is 6.61 Å². The Balaban J connectivity index is 1.74. The van der Waals surface area contributed by atoms with Gasteiger partial charge in [-0.05, 0) is 43.5 Å². The number of carbonyl (C=O) groups excluding carboxylic acids is 1. The maximum Gasteiger partial charge on any atom is 0.258 e. The van der Waals surface area contributed by atoms with Crippen molar-refractivity contribution in [3.63, 3.8) is 0 Å². The van der Waals surface area contributed by atoms with E-state index in [1.165, 1.54) is 0 Å². The number of nitrogens with one attached hydrogen (secondary N) is 1. The molecule has 0 bridgehead atoms. The summed E-state index contributed by atoms with van der Waals surface area (Å²) in [5.41, 5.74) is 0.151. The zero-order valence-electron chi connectivity index (χ0n) is 14.0. The highest BCUT2D eigenvalue weighted by Gasteiger charge is 2.21. The van der Waals surface area contributed by atoms with E-state index in [2.05, 4.69) is 5.32 Å². The highest BCUT2D eigenvalue weighted by atomic mass is 35.5. The molecule has 0 spiro atoms. The quantitative estimate of drug-likeness (QED) is 0.729. The molecule has 2 aromatic carbocycles. The maximum absolute atomic E-state index is 11.9. The van der Waals surface area contributed by atoms with Gasteiger partial charge in [0.2, 0.25) is 0 Å². The second kappa shape index (κ2) is 9.09. The van der Waals surface area contributed by atoms with Crippen molar-refractivity contribution in [1.29, 1.82) is 0 Å². The van der Waals surface area contributed by atoms with Crippen molar-refractivity contribution in [3.05, 3.63) is 64.1 Å². The van der Waals surface area contributed by atoms with Crippen LogP contribution in [-0.2, 0) is 11.2 Å². The van der Waals surface area contributed by atoms with Gasteiger partial charge < -0.3 is 15.2 Å². The first-order valence-corrected chi connectivity index (χ1v) is 8.72. The average molecular weight is 382 g/mol. The van der Waals surface area contributed by atoms with Crippen molar-refractivity contribution in [3.8, 4) is 5.75 Å². The van der Waals surface area contributed by atoms with Gasteiger partial charge in [0.1, 0.15) is 5.75 Å². The van der Waals surface area contributed by atoms with Crippen LogP contribution in [0.4, 0.5) is 0 Å².